The van der Waals surface area contributed by atoms with E-state index in [4.69, 9.17) is 0 Å². The van der Waals surface area contributed by atoms with Crippen molar-refractivity contribution >= 4 is 46.5 Å². The summed E-state index contributed by atoms with van der Waals surface area (Å²) in [5.74, 6) is -2.09. The average molecular weight is 629 g/mol. The number of aliphatic hydroxyl groups excluding tert-OH is 1. The molecule has 1 spiro atoms. The molecule has 2 saturated heterocycles. The van der Waals surface area contributed by atoms with E-state index in [1.54, 1.807) is 26.5 Å². The summed E-state index contributed by atoms with van der Waals surface area (Å²) in [5, 5.41) is 10.6. The molecular weight excluding hydrogens is 584 g/mol. The smallest absolute Gasteiger partial charge is 0.251 e. The van der Waals surface area contributed by atoms with Crippen LogP contribution in [0.15, 0.2) is 78.9 Å². The number of fused-ring (bicyclic) bond motifs is 2. The van der Waals surface area contributed by atoms with Crippen LogP contribution in [0.3, 0.4) is 0 Å². The van der Waals surface area contributed by atoms with E-state index in [0.717, 1.165) is 30.2 Å². The van der Waals surface area contributed by atoms with Gasteiger partial charge in [0.05, 0.1) is 29.2 Å². The highest BCUT2D eigenvalue weighted by Crippen LogP contribution is 2.66. The van der Waals surface area contributed by atoms with Gasteiger partial charge in [-0.15, -0.1) is 11.8 Å². The monoisotopic (exact) mass is 628 g/mol. The lowest BCUT2D eigenvalue weighted by Crippen LogP contribution is -2.58. The highest BCUT2D eigenvalue weighted by atomic mass is 32.2. The van der Waals surface area contributed by atoms with Gasteiger partial charge in [-0.1, -0.05) is 56.4 Å². The Balaban J connectivity index is 1.46. The lowest BCUT2D eigenvalue weighted by Gasteiger charge is -2.41. The summed E-state index contributed by atoms with van der Waals surface area (Å²) in [4.78, 5) is 51.7. The first-order valence-electron chi connectivity index (χ1n) is 16.1. The van der Waals surface area contributed by atoms with Crippen LogP contribution in [-0.4, -0.2) is 82.1 Å². The fourth-order valence-electron chi connectivity index (χ4n) is 7.94. The molecule has 2 aromatic carbocycles. The standard InChI is InChI=1S/C36H44N4O4S/c1-6-37(7-2)25-15-17-27(18-16-25)39-22-12-20-36-30(33(43)40(31(36)34(39)44)28(23-41)24(3)4)29-32(42)38(26-13-9-8-10-14-26)21-11-19-35(29,5)45-36/h8-20,24,28-31,41H,6-7,21-23H2,1-5H3/t28-,29+,30-,31?,35-,36-/m0/s1. The number of amides is 3. The summed E-state index contributed by atoms with van der Waals surface area (Å²) in [6.07, 6.45) is 8.12. The van der Waals surface area contributed by atoms with Gasteiger partial charge < -0.3 is 24.7 Å². The number of thioether (sulfide) groups is 1. The van der Waals surface area contributed by atoms with Gasteiger partial charge >= 0.3 is 0 Å². The molecule has 6 rings (SSSR count). The van der Waals surface area contributed by atoms with Gasteiger partial charge in [0.1, 0.15) is 6.04 Å². The molecule has 0 saturated carbocycles. The Bertz CT molecular complexity index is 1510. The number of para-hydroxylation sites is 1. The number of benzene rings is 2. The van der Waals surface area contributed by atoms with E-state index >= 15 is 0 Å². The maximum absolute atomic E-state index is 14.9. The van der Waals surface area contributed by atoms with Crippen molar-refractivity contribution in [2.75, 3.05) is 47.5 Å². The molecule has 8 nitrogen and oxygen atoms in total. The number of carbonyl (C=O) groups excluding carboxylic acids is 3. The first-order valence-corrected chi connectivity index (χ1v) is 16.9. The molecule has 4 aliphatic heterocycles. The van der Waals surface area contributed by atoms with E-state index in [0.29, 0.717) is 13.1 Å². The van der Waals surface area contributed by atoms with Gasteiger partial charge in [0, 0.05) is 48.0 Å². The van der Waals surface area contributed by atoms with Gasteiger partial charge in [-0.2, -0.15) is 0 Å². The quantitative estimate of drug-likeness (QED) is 0.426. The van der Waals surface area contributed by atoms with Crippen LogP contribution in [0, 0.1) is 17.8 Å². The van der Waals surface area contributed by atoms with Gasteiger partial charge in [-0.3, -0.25) is 14.4 Å². The van der Waals surface area contributed by atoms with Gasteiger partial charge in [0.15, 0.2) is 0 Å². The van der Waals surface area contributed by atoms with Crippen molar-refractivity contribution in [2.45, 2.75) is 56.2 Å². The van der Waals surface area contributed by atoms with Crippen molar-refractivity contribution < 1.29 is 19.5 Å². The summed E-state index contributed by atoms with van der Waals surface area (Å²) < 4.78 is -1.69. The summed E-state index contributed by atoms with van der Waals surface area (Å²) in [6, 6.07) is 16.1. The van der Waals surface area contributed by atoms with Gasteiger partial charge in [-0.05, 0) is 63.1 Å². The third-order valence-corrected chi connectivity index (χ3v) is 12.0. The largest absolute Gasteiger partial charge is 0.394 e. The van der Waals surface area contributed by atoms with Crippen LogP contribution in [0.25, 0.3) is 0 Å². The Kier molecular flexibility index (Phi) is 8.37. The molecule has 9 heteroatoms. The van der Waals surface area contributed by atoms with Crippen molar-refractivity contribution in [3.05, 3.63) is 78.9 Å². The van der Waals surface area contributed by atoms with Crippen LogP contribution in [0.5, 0.6) is 0 Å². The second-order valence-corrected chi connectivity index (χ2v) is 14.8. The Morgan fingerprint density at radius 3 is 2.04 bits per heavy atom. The molecule has 3 amide bonds. The van der Waals surface area contributed by atoms with Crippen molar-refractivity contribution in [1.29, 1.82) is 0 Å². The number of rotatable bonds is 8. The number of aliphatic hydroxyl groups is 1. The second kappa shape index (κ2) is 12.0. The maximum atomic E-state index is 14.9. The molecule has 2 aromatic rings. The van der Waals surface area contributed by atoms with Gasteiger partial charge in [0.25, 0.3) is 5.91 Å². The molecule has 0 aliphatic carbocycles. The zero-order valence-electron chi connectivity index (χ0n) is 26.8. The minimum absolute atomic E-state index is 0.0985. The third-order valence-electron chi connectivity index (χ3n) is 10.2. The molecular formula is C36H44N4O4S. The Morgan fingerprint density at radius 2 is 1.44 bits per heavy atom. The lowest BCUT2D eigenvalue weighted by atomic mass is 9.74. The third kappa shape index (κ3) is 4.90. The molecule has 4 aliphatic rings. The Morgan fingerprint density at radius 1 is 0.844 bits per heavy atom. The number of hydrogen-bond acceptors (Lipinski definition) is 6. The van der Waals surface area contributed by atoms with Crippen LogP contribution < -0.4 is 14.7 Å². The molecule has 238 valence electrons. The molecule has 0 bridgehead atoms. The zero-order chi connectivity index (χ0) is 32.1. The van der Waals surface area contributed by atoms with Gasteiger partial charge in [-0.25, -0.2) is 0 Å². The highest BCUT2D eigenvalue weighted by Gasteiger charge is 2.74. The zero-order valence-corrected chi connectivity index (χ0v) is 27.6. The SMILES string of the molecule is CCN(CC)c1ccc(N2CC=C[C@]34S[C@@]5(C)C=CCN(c6ccccc6)C(=O)[C@H]5[C@H]3C(=O)N([C@@H](CO)C(C)C)C4C2=O)cc1. The predicted molar refractivity (Wildman–Crippen MR) is 181 cm³/mol. The van der Waals surface area contributed by atoms with E-state index in [1.807, 2.05) is 93.6 Å². The molecule has 4 heterocycles. The molecule has 2 fully saturated rings. The Hall–Kier alpha value is -3.56. The molecule has 6 atom stereocenters. The van der Waals surface area contributed by atoms with Crippen LogP contribution in [0.4, 0.5) is 17.1 Å². The van der Waals surface area contributed by atoms with Crippen LogP contribution in [0.1, 0.15) is 34.6 Å². The van der Waals surface area contributed by atoms with E-state index < -0.39 is 33.4 Å². The fraction of sp³-hybridized carbons (Fsp3) is 0.472. The summed E-state index contributed by atoms with van der Waals surface area (Å²) in [7, 11) is 0. The number of carbonyl (C=O) groups is 3. The molecule has 0 radical (unpaired) electrons. The van der Waals surface area contributed by atoms with Crippen molar-refractivity contribution in [3.8, 4) is 0 Å². The minimum Gasteiger partial charge on any atom is -0.394 e. The summed E-state index contributed by atoms with van der Waals surface area (Å²) in [6.45, 7) is 12.5. The topological polar surface area (TPSA) is 84.4 Å². The van der Waals surface area contributed by atoms with E-state index in [-0.39, 0.29) is 30.2 Å². The first kappa shape index (κ1) is 31.4. The van der Waals surface area contributed by atoms with E-state index in [1.165, 1.54) is 0 Å². The molecule has 1 N–H and O–H groups in total. The highest BCUT2D eigenvalue weighted by molar-refractivity contribution is 8.02. The van der Waals surface area contributed by atoms with Crippen molar-refractivity contribution in [1.82, 2.24) is 4.90 Å². The van der Waals surface area contributed by atoms with Crippen molar-refractivity contribution in [3.63, 3.8) is 0 Å². The maximum Gasteiger partial charge on any atom is 0.251 e. The normalized spacial score (nSPS) is 29.9. The number of anilines is 3. The first-order chi connectivity index (χ1) is 21.6. The van der Waals surface area contributed by atoms with Crippen LogP contribution in [-0.2, 0) is 14.4 Å². The second-order valence-electron chi connectivity index (χ2n) is 13.0. The molecule has 0 aromatic heterocycles. The van der Waals surface area contributed by atoms with Crippen LogP contribution in [0.2, 0.25) is 0 Å². The summed E-state index contributed by atoms with van der Waals surface area (Å²) in [5.41, 5.74) is 2.63. The Labute approximate surface area is 270 Å². The van der Waals surface area contributed by atoms with Crippen molar-refractivity contribution in [2.24, 2.45) is 17.8 Å². The molecule has 1 unspecified atom stereocenters. The fourth-order valence-corrected chi connectivity index (χ4v) is 10.1. The predicted octanol–water partition coefficient (Wildman–Crippen LogP) is 4.74. The van der Waals surface area contributed by atoms with E-state index in [2.05, 4.69) is 24.8 Å². The minimum atomic E-state index is -0.981. The van der Waals surface area contributed by atoms with E-state index in [9.17, 15) is 19.5 Å². The number of nitrogens with zero attached hydrogens (tertiary/aromatic N) is 4. The number of hydrogen-bond donors (Lipinski definition) is 1. The number of likely N-dealkylation sites (tertiary alicyclic amines) is 1. The summed E-state index contributed by atoms with van der Waals surface area (Å²) >= 11 is 1.57. The average Bonchev–Trinajstić information content (AvgIpc) is 3.30. The molecule has 45 heavy (non-hydrogen) atoms. The lowest BCUT2D eigenvalue weighted by molar-refractivity contribution is -0.143. The van der Waals surface area contributed by atoms with Gasteiger partial charge in [0.2, 0.25) is 11.8 Å². The van der Waals surface area contributed by atoms with Crippen LogP contribution >= 0.6 is 11.8 Å².